The Balaban J connectivity index is 1.88. The fourth-order valence-corrected chi connectivity index (χ4v) is 3.13. The Kier molecular flexibility index (Phi) is 4.01. The van der Waals surface area contributed by atoms with Crippen LogP contribution >= 0.6 is 0 Å². The summed E-state index contributed by atoms with van der Waals surface area (Å²) in [4.78, 5) is 17.8. The van der Waals surface area contributed by atoms with Crippen LogP contribution in [0.2, 0.25) is 0 Å². The van der Waals surface area contributed by atoms with E-state index in [1.165, 1.54) is 0 Å². The van der Waals surface area contributed by atoms with Crippen molar-refractivity contribution in [3.63, 3.8) is 0 Å². The molecule has 1 heterocycles. The van der Waals surface area contributed by atoms with Gasteiger partial charge in [-0.2, -0.15) is 0 Å². The Morgan fingerprint density at radius 2 is 1.35 bits per heavy atom. The Morgan fingerprint density at radius 1 is 0.808 bits per heavy atom. The van der Waals surface area contributed by atoms with Crippen LogP contribution in [0.5, 0.6) is 5.75 Å². The lowest BCUT2D eigenvalue weighted by Crippen LogP contribution is -2.32. The molecule has 0 N–H and O–H groups in total. The smallest absolute Gasteiger partial charge is 0.350 e. The molecule has 1 aliphatic heterocycles. The number of cyclic esters (lactones) is 1. The highest BCUT2D eigenvalue weighted by atomic mass is 16.6. The molecule has 0 amide bonds. The predicted octanol–water partition coefficient (Wildman–Crippen LogP) is 3.94. The SMILES string of the molecule is COc1ccc(C2=NC(c3ccccc3)(c3ccccc3)C(=O)O2)cc1. The first-order valence-electron chi connectivity index (χ1n) is 8.31. The second-order valence-corrected chi connectivity index (χ2v) is 5.98. The van der Waals surface area contributed by atoms with Crippen LogP contribution in [0.25, 0.3) is 0 Å². The lowest BCUT2D eigenvalue weighted by atomic mass is 9.84. The van der Waals surface area contributed by atoms with E-state index in [-0.39, 0.29) is 0 Å². The van der Waals surface area contributed by atoms with Gasteiger partial charge in [0.25, 0.3) is 0 Å². The summed E-state index contributed by atoms with van der Waals surface area (Å²) in [6.07, 6.45) is 0. The molecule has 0 radical (unpaired) electrons. The first-order chi connectivity index (χ1) is 12.7. The van der Waals surface area contributed by atoms with Crippen molar-refractivity contribution >= 4 is 11.9 Å². The molecule has 0 saturated heterocycles. The molecule has 4 rings (SSSR count). The maximum atomic E-state index is 13.0. The Hall–Kier alpha value is -3.40. The maximum Gasteiger partial charge on any atom is 0.350 e. The molecule has 0 fully saturated rings. The number of hydrogen-bond acceptors (Lipinski definition) is 4. The minimum absolute atomic E-state index is 0.311. The van der Waals surface area contributed by atoms with Gasteiger partial charge in [-0.25, -0.2) is 9.79 Å². The molecule has 0 saturated carbocycles. The molecule has 3 aromatic carbocycles. The van der Waals surface area contributed by atoms with Gasteiger partial charge in [-0.15, -0.1) is 0 Å². The molecule has 1 aliphatic rings. The molecule has 0 aromatic heterocycles. The number of ether oxygens (including phenoxy) is 2. The fourth-order valence-electron chi connectivity index (χ4n) is 3.13. The van der Waals surface area contributed by atoms with E-state index >= 15 is 0 Å². The van der Waals surface area contributed by atoms with E-state index in [1.54, 1.807) is 7.11 Å². The fraction of sp³-hybridized carbons (Fsp3) is 0.0909. The first kappa shape index (κ1) is 16.1. The lowest BCUT2D eigenvalue weighted by molar-refractivity contribution is -0.137. The van der Waals surface area contributed by atoms with Gasteiger partial charge in [0.2, 0.25) is 11.4 Å². The molecule has 0 bridgehead atoms. The average Bonchev–Trinajstić information content (AvgIpc) is 3.07. The third-order valence-electron chi connectivity index (χ3n) is 4.47. The van der Waals surface area contributed by atoms with Crippen LogP contribution in [0.15, 0.2) is 89.9 Å². The van der Waals surface area contributed by atoms with E-state index in [2.05, 4.69) is 0 Å². The number of rotatable bonds is 4. The molecule has 4 nitrogen and oxygen atoms in total. The van der Waals surface area contributed by atoms with E-state index in [9.17, 15) is 4.79 Å². The van der Waals surface area contributed by atoms with Crippen molar-refractivity contribution in [3.8, 4) is 5.75 Å². The zero-order valence-corrected chi connectivity index (χ0v) is 14.3. The van der Waals surface area contributed by atoms with Gasteiger partial charge in [-0.05, 0) is 35.4 Å². The van der Waals surface area contributed by atoms with Gasteiger partial charge >= 0.3 is 5.97 Å². The molecule has 0 aliphatic carbocycles. The third-order valence-corrected chi connectivity index (χ3v) is 4.47. The second kappa shape index (κ2) is 6.48. The number of methoxy groups -OCH3 is 1. The summed E-state index contributed by atoms with van der Waals surface area (Å²) in [7, 11) is 1.61. The number of carbonyl (C=O) groups excluding carboxylic acids is 1. The van der Waals surface area contributed by atoms with Gasteiger partial charge in [0, 0.05) is 5.56 Å². The third kappa shape index (κ3) is 2.56. The van der Waals surface area contributed by atoms with E-state index in [0.717, 1.165) is 22.4 Å². The summed E-state index contributed by atoms with van der Waals surface area (Å²) in [5, 5.41) is 0. The van der Waals surface area contributed by atoms with Crippen molar-refractivity contribution in [2.75, 3.05) is 7.11 Å². The number of esters is 1. The molecule has 0 atom stereocenters. The van der Waals surface area contributed by atoms with Crippen molar-refractivity contribution in [1.29, 1.82) is 0 Å². The van der Waals surface area contributed by atoms with Crippen molar-refractivity contribution in [1.82, 2.24) is 0 Å². The van der Waals surface area contributed by atoms with Crippen LogP contribution in [0.4, 0.5) is 0 Å². The molecule has 4 heteroatoms. The summed E-state index contributed by atoms with van der Waals surface area (Å²) >= 11 is 0. The van der Waals surface area contributed by atoms with Crippen LogP contribution in [-0.4, -0.2) is 19.0 Å². The van der Waals surface area contributed by atoms with Crippen molar-refractivity contribution in [2.24, 2.45) is 4.99 Å². The average molecular weight is 343 g/mol. The topological polar surface area (TPSA) is 47.9 Å². The van der Waals surface area contributed by atoms with Crippen LogP contribution in [0.1, 0.15) is 16.7 Å². The maximum absolute atomic E-state index is 13.0. The van der Waals surface area contributed by atoms with Crippen LogP contribution < -0.4 is 4.74 Å². The van der Waals surface area contributed by atoms with Gasteiger partial charge in [0.1, 0.15) is 5.75 Å². The van der Waals surface area contributed by atoms with E-state index in [1.807, 2.05) is 84.9 Å². The number of benzene rings is 3. The quantitative estimate of drug-likeness (QED) is 0.674. The highest BCUT2D eigenvalue weighted by Gasteiger charge is 2.49. The second-order valence-electron chi connectivity index (χ2n) is 5.98. The summed E-state index contributed by atoms with van der Waals surface area (Å²) in [5.41, 5.74) is 1.09. The monoisotopic (exact) mass is 343 g/mol. The summed E-state index contributed by atoms with van der Waals surface area (Å²) < 4.78 is 10.8. The zero-order chi connectivity index (χ0) is 18.0. The highest BCUT2D eigenvalue weighted by molar-refractivity contribution is 6.09. The largest absolute Gasteiger partial charge is 0.497 e. The molecule has 0 unspecified atom stereocenters. The van der Waals surface area contributed by atoms with Gasteiger partial charge in [-0.1, -0.05) is 60.7 Å². The van der Waals surface area contributed by atoms with Crippen LogP contribution in [0, 0.1) is 0 Å². The molecule has 26 heavy (non-hydrogen) atoms. The minimum Gasteiger partial charge on any atom is -0.497 e. The molecular weight excluding hydrogens is 326 g/mol. The number of nitrogens with zero attached hydrogens (tertiary/aromatic N) is 1. The number of carbonyl (C=O) groups is 1. The van der Waals surface area contributed by atoms with E-state index in [4.69, 9.17) is 14.5 Å². The van der Waals surface area contributed by atoms with Gasteiger partial charge in [-0.3, -0.25) is 0 Å². The minimum atomic E-state index is -1.20. The summed E-state index contributed by atoms with van der Waals surface area (Å²) in [5.74, 6) is 0.641. The molecule has 3 aromatic rings. The zero-order valence-electron chi connectivity index (χ0n) is 14.3. The first-order valence-corrected chi connectivity index (χ1v) is 8.31. The van der Waals surface area contributed by atoms with Crippen molar-refractivity contribution in [2.45, 2.75) is 5.54 Å². The summed E-state index contributed by atoms with van der Waals surface area (Å²) in [6.45, 7) is 0. The van der Waals surface area contributed by atoms with Gasteiger partial charge in [0.15, 0.2) is 0 Å². The van der Waals surface area contributed by atoms with Gasteiger partial charge < -0.3 is 9.47 Å². The summed E-state index contributed by atoms with van der Waals surface area (Å²) in [6, 6.07) is 26.3. The predicted molar refractivity (Wildman–Crippen MR) is 99.3 cm³/mol. The highest BCUT2D eigenvalue weighted by Crippen LogP contribution is 2.39. The van der Waals surface area contributed by atoms with E-state index in [0.29, 0.717) is 5.90 Å². The normalized spacial score (nSPS) is 15.3. The number of aliphatic imine (C=N–C) groups is 1. The molecule has 128 valence electrons. The lowest BCUT2D eigenvalue weighted by Gasteiger charge is -2.23. The number of hydrogen-bond donors (Lipinski definition) is 0. The molecule has 0 spiro atoms. The van der Waals surface area contributed by atoms with Gasteiger partial charge in [0.05, 0.1) is 7.11 Å². The standard InChI is InChI=1S/C22H17NO3/c1-25-19-14-12-16(13-15-19)20-23-22(21(24)26-20,17-8-4-2-5-9-17)18-10-6-3-7-11-18/h2-15H,1H3. The Morgan fingerprint density at radius 3 is 1.85 bits per heavy atom. The van der Waals surface area contributed by atoms with Crippen LogP contribution in [-0.2, 0) is 15.1 Å². The Labute approximate surface area is 151 Å². The van der Waals surface area contributed by atoms with Crippen molar-refractivity contribution in [3.05, 3.63) is 102 Å². The van der Waals surface area contributed by atoms with Crippen LogP contribution in [0.3, 0.4) is 0 Å². The van der Waals surface area contributed by atoms with E-state index < -0.39 is 11.5 Å². The Bertz CT molecular complexity index is 908. The van der Waals surface area contributed by atoms with Crippen molar-refractivity contribution < 1.29 is 14.3 Å². The molecular formula is C22H17NO3.